The smallest absolute Gasteiger partial charge is 0.333 e. The third-order valence-corrected chi connectivity index (χ3v) is 16.7. The van der Waals surface area contributed by atoms with Crippen LogP contribution in [0, 0.1) is 0 Å². The van der Waals surface area contributed by atoms with Crippen LogP contribution >= 0.6 is 0 Å². The molecule has 0 spiro atoms. The molecule has 0 atom stereocenters. The molecule has 6 N–H and O–H groups in total. The molecule has 0 radical (unpaired) electrons. The number of aromatic nitrogens is 1. The first-order valence-corrected chi connectivity index (χ1v) is 29.4. The number of hydrogen-bond donors (Lipinski definition) is 6. The lowest BCUT2D eigenvalue weighted by Crippen LogP contribution is -2.38. The predicted octanol–water partition coefficient (Wildman–Crippen LogP) is 5.16. The van der Waals surface area contributed by atoms with E-state index >= 15 is 0 Å². The van der Waals surface area contributed by atoms with Gasteiger partial charge in [-0.1, -0.05) is 50.6 Å². The van der Waals surface area contributed by atoms with Gasteiger partial charge >= 0.3 is 5.97 Å². The number of unbranched alkanes of at least 4 members (excludes halogenated alkanes) is 4. The maximum absolute atomic E-state index is 13.9. The second-order valence-corrected chi connectivity index (χ2v) is 25.3. The molecule has 0 unspecified atom stereocenters. The van der Waals surface area contributed by atoms with Gasteiger partial charge in [0.25, 0.3) is 30.4 Å². The van der Waals surface area contributed by atoms with E-state index in [1.54, 1.807) is 48.6 Å². The van der Waals surface area contributed by atoms with Gasteiger partial charge in [-0.15, -0.1) is 4.73 Å². The Morgan fingerprint density at radius 2 is 1.32 bits per heavy atom. The highest BCUT2D eigenvalue weighted by Gasteiger charge is 2.45. The lowest BCUT2D eigenvalue weighted by atomic mass is 9.81. The number of aromatic hydroxyl groups is 2. The number of benzene rings is 2. The molecule has 0 saturated carbocycles. The Balaban J connectivity index is 1.27. The van der Waals surface area contributed by atoms with Crippen LogP contribution < -0.4 is 15.1 Å². The average molecular weight is 1100 g/mol. The molecular weight excluding hydrogens is 1030 g/mol. The van der Waals surface area contributed by atoms with Gasteiger partial charge in [0.05, 0.1) is 33.3 Å². The summed E-state index contributed by atoms with van der Waals surface area (Å²) in [7, 11) is -15.8. The molecule has 2 aromatic carbocycles. The number of sulfonamides is 1. The van der Waals surface area contributed by atoms with E-state index in [1.165, 1.54) is 25.2 Å². The summed E-state index contributed by atoms with van der Waals surface area (Å²) in [5.41, 5.74) is 2.68. The van der Waals surface area contributed by atoms with Crippen molar-refractivity contribution < 1.29 is 76.5 Å². The van der Waals surface area contributed by atoms with E-state index in [9.17, 15) is 67.1 Å². The lowest BCUT2D eigenvalue weighted by Gasteiger charge is -2.27. The number of fused-ring (bicyclic) bond motifs is 2. The molecule has 1 aromatic heterocycles. The summed E-state index contributed by atoms with van der Waals surface area (Å²) in [5, 5.41) is 21.9. The number of allylic oxidation sites excluding steroid dienone is 8. The molecule has 3 aromatic rings. The van der Waals surface area contributed by atoms with E-state index < -0.39 is 92.9 Å². The van der Waals surface area contributed by atoms with Crippen molar-refractivity contribution >= 4 is 69.3 Å². The maximum atomic E-state index is 13.9. The number of hydrogen-bond acceptors (Lipinski definition) is 14. The molecule has 3 heterocycles. The Morgan fingerprint density at radius 1 is 0.712 bits per heavy atom. The molecule has 400 valence electrons. The van der Waals surface area contributed by atoms with Crippen LogP contribution in [0.5, 0.6) is 11.8 Å². The first-order valence-electron chi connectivity index (χ1n) is 23.3. The molecule has 2 aliphatic heterocycles. The first-order chi connectivity index (χ1) is 33.9. The van der Waals surface area contributed by atoms with E-state index in [1.807, 2.05) is 49.3 Å². The van der Waals surface area contributed by atoms with E-state index in [4.69, 9.17) is 4.84 Å². The summed E-state index contributed by atoms with van der Waals surface area (Å²) in [4.78, 5) is 31.4. The van der Waals surface area contributed by atoms with E-state index in [-0.39, 0.29) is 35.6 Å². The minimum Gasteiger partial charge on any atom is -0.492 e. The highest BCUT2D eigenvalue weighted by molar-refractivity contribution is 7.89. The fourth-order valence-corrected chi connectivity index (χ4v) is 11.5. The number of likely N-dealkylation sites (N-methyl/N-ethyl adjacent to an activating group) is 1. The highest BCUT2D eigenvalue weighted by atomic mass is 32.2. The predicted molar refractivity (Wildman–Crippen MR) is 273 cm³/mol. The van der Waals surface area contributed by atoms with Crippen molar-refractivity contribution in [2.45, 2.75) is 99.7 Å². The fourth-order valence-electron chi connectivity index (χ4n) is 8.67. The van der Waals surface area contributed by atoms with Crippen LogP contribution in [-0.4, -0.2) is 133 Å². The molecule has 73 heavy (non-hydrogen) atoms. The van der Waals surface area contributed by atoms with Gasteiger partial charge in [0.2, 0.25) is 33.4 Å². The number of carbonyl (C=O) groups excluding carboxylic acids is 2. The van der Waals surface area contributed by atoms with Crippen molar-refractivity contribution in [3.8, 4) is 11.8 Å². The van der Waals surface area contributed by atoms with Gasteiger partial charge in [0.15, 0.2) is 5.71 Å². The molecule has 0 saturated heterocycles. The zero-order chi connectivity index (χ0) is 54.2. The van der Waals surface area contributed by atoms with Crippen LogP contribution in [0.2, 0.25) is 0 Å². The minimum atomic E-state index is -4.50. The summed E-state index contributed by atoms with van der Waals surface area (Å²) in [6.45, 7) is 8.05. The Hall–Kier alpha value is -5.67. The van der Waals surface area contributed by atoms with Crippen LogP contribution in [-0.2, 0) is 60.8 Å². The van der Waals surface area contributed by atoms with Crippen molar-refractivity contribution in [1.29, 1.82) is 0 Å². The quantitative estimate of drug-likeness (QED) is 0.0262. The van der Waals surface area contributed by atoms with Gasteiger partial charge in [-0.25, -0.2) is 13.2 Å². The van der Waals surface area contributed by atoms with Crippen LogP contribution in [0.25, 0.3) is 0 Å². The SMILES string of the molecule is CN(CC(=O)NCCCCCC(=O)On1c(O)ccc1O)S(=O)(=O)c1ccc2c(c1)C(C)(C)C(C=CC=CC=CC=C1N(CCCCS(=O)(=O)O)c3ccc(S(=O)(=O)O)cc3C1(C)C)=[N+]2CCCCS(=O)(=O)O. The Bertz CT molecular complexity index is 3150. The largest absolute Gasteiger partial charge is 0.492 e. The second kappa shape index (κ2) is 23.7. The molecular formula is C48H64N5O16S4+. The van der Waals surface area contributed by atoms with Crippen molar-refractivity contribution in [2.24, 2.45) is 0 Å². The van der Waals surface area contributed by atoms with Crippen molar-refractivity contribution in [3.63, 3.8) is 0 Å². The average Bonchev–Trinajstić information content (AvgIpc) is 3.80. The fraction of sp³-hybridized carbons (Fsp3) is 0.438. The monoisotopic (exact) mass is 1090 g/mol. The van der Waals surface area contributed by atoms with Gasteiger partial charge in [-0.05, 0) is 87.9 Å². The van der Waals surface area contributed by atoms with E-state index in [0.717, 1.165) is 27.8 Å². The number of nitrogens with one attached hydrogen (secondary N) is 1. The Morgan fingerprint density at radius 3 is 1.96 bits per heavy atom. The van der Waals surface area contributed by atoms with Crippen LogP contribution in [0.4, 0.5) is 11.4 Å². The number of anilines is 1. The molecule has 25 heteroatoms. The van der Waals surface area contributed by atoms with E-state index in [2.05, 4.69) is 5.32 Å². The van der Waals surface area contributed by atoms with Gasteiger partial charge in [0.1, 0.15) is 6.54 Å². The van der Waals surface area contributed by atoms with Crippen molar-refractivity contribution in [3.05, 3.63) is 108 Å². The van der Waals surface area contributed by atoms with Gasteiger partial charge in [-0.2, -0.15) is 34.1 Å². The third-order valence-electron chi connectivity index (χ3n) is 12.5. The Kier molecular flexibility index (Phi) is 18.9. The molecule has 1 amide bonds. The molecule has 5 rings (SSSR count). The highest BCUT2D eigenvalue weighted by Crippen LogP contribution is 2.48. The van der Waals surface area contributed by atoms with Gasteiger partial charge < -0.3 is 25.3 Å². The Labute approximate surface area is 427 Å². The van der Waals surface area contributed by atoms with Crippen LogP contribution in [0.3, 0.4) is 0 Å². The number of amides is 1. The van der Waals surface area contributed by atoms with Crippen LogP contribution in [0.15, 0.2) is 107 Å². The van der Waals surface area contributed by atoms with Crippen molar-refractivity contribution in [1.82, 2.24) is 14.4 Å². The first kappa shape index (κ1) is 58.2. The second-order valence-electron chi connectivity index (χ2n) is 18.7. The summed E-state index contributed by atoms with van der Waals surface area (Å²) in [5.74, 6) is -2.95. The maximum Gasteiger partial charge on any atom is 0.333 e. The minimum absolute atomic E-state index is 0.0132. The number of rotatable bonds is 26. The summed E-state index contributed by atoms with van der Waals surface area (Å²) >= 11 is 0. The molecule has 0 bridgehead atoms. The van der Waals surface area contributed by atoms with E-state index in [0.29, 0.717) is 72.4 Å². The topological polar surface area (TPSA) is 308 Å². The molecule has 0 aliphatic carbocycles. The number of carbonyl (C=O) groups is 2. The standard InChI is InChI=1S/C48H63N5O16S4/c1-47(2)37-32-35(72(64,65)50(5)34-43(54)49-27-13-9-12-20-46(57)69-53-44(55)25-26-45(53)56)21-23-39(37)51(28-14-16-30-70(58,59)60)41(47)18-10-7-6-8-11-19-42-48(3,4)38-33-36(73(66,67)68)22-24-40(38)52(42)29-15-17-31-71(61,62)63/h6-8,10-11,18-19,21-26,32-33H,9,12-17,20,27-31,34H2,1-5H3,(H5-,49,54,55,56,58,59,60,61,62,63,66,67,68)/p+1. The summed E-state index contributed by atoms with van der Waals surface area (Å²) in [6, 6.07) is 11.3. The number of nitrogens with zero attached hydrogens (tertiary/aromatic N) is 4. The molecule has 0 fully saturated rings. The normalized spacial score (nSPS) is 16.4. The zero-order valence-electron chi connectivity index (χ0n) is 41.2. The van der Waals surface area contributed by atoms with Gasteiger partial charge in [0, 0.05) is 79.6 Å². The lowest BCUT2D eigenvalue weighted by molar-refractivity contribution is -0.438. The molecule has 2 aliphatic rings. The zero-order valence-corrected chi connectivity index (χ0v) is 44.5. The molecule has 21 nitrogen and oxygen atoms in total. The van der Waals surface area contributed by atoms with Gasteiger partial charge in [-0.3, -0.25) is 18.5 Å². The van der Waals surface area contributed by atoms with Crippen molar-refractivity contribution in [2.75, 3.05) is 49.6 Å². The third kappa shape index (κ3) is 15.2. The van der Waals surface area contributed by atoms with Crippen LogP contribution in [0.1, 0.15) is 90.2 Å². The summed E-state index contributed by atoms with van der Waals surface area (Å²) in [6.07, 6.45) is 15.1. The summed E-state index contributed by atoms with van der Waals surface area (Å²) < 4.78 is 129.